The first kappa shape index (κ1) is 12.0. The maximum absolute atomic E-state index is 5.56. The quantitative estimate of drug-likeness (QED) is 0.854. The van der Waals surface area contributed by atoms with Gasteiger partial charge in [-0.3, -0.25) is 0 Å². The molecular formula is C18H19NO. The van der Waals surface area contributed by atoms with E-state index in [-0.39, 0.29) is 0 Å². The number of ether oxygens (including phenoxy) is 1. The van der Waals surface area contributed by atoms with E-state index < -0.39 is 0 Å². The smallest absolute Gasteiger partial charge is 0.122 e. The average molecular weight is 265 g/mol. The molecule has 2 aliphatic rings. The second kappa shape index (κ2) is 4.64. The number of rotatable bonds is 1. The predicted molar refractivity (Wildman–Crippen MR) is 80.2 cm³/mol. The highest BCUT2D eigenvalue weighted by atomic mass is 16.5. The summed E-state index contributed by atoms with van der Waals surface area (Å²) in [5, 5.41) is 3.71. The fourth-order valence-electron chi connectivity index (χ4n) is 3.86. The largest absolute Gasteiger partial charge is 0.496 e. The van der Waals surface area contributed by atoms with Crippen LogP contribution in [0, 0.1) is 0 Å². The molecule has 2 aromatic carbocycles. The number of methoxy groups -OCH3 is 1. The van der Waals surface area contributed by atoms with Gasteiger partial charge in [-0.2, -0.15) is 0 Å². The molecule has 0 fully saturated rings. The van der Waals surface area contributed by atoms with E-state index in [0.717, 1.165) is 18.7 Å². The van der Waals surface area contributed by atoms with Crippen molar-refractivity contribution in [2.45, 2.75) is 31.3 Å². The summed E-state index contributed by atoms with van der Waals surface area (Å²) in [6, 6.07) is 15.9. The summed E-state index contributed by atoms with van der Waals surface area (Å²) in [7, 11) is 1.77. The topological polar surface area (TPSA) is 21.3 Å². The second-order valence-electron chi connectivity index (χ2n) is 5.73. The number of fused-ring (bicyclic) bond motifs is 5. The number of hydrogen-bond acceptors (Lipinski definition) is 2. The molecule has 102 valence electrons. The summed E-state index contributed by atoms with van der Waals surface area (Å²) in [6.45, 7) is 0.997. The molecule has 4 rings (SSSR count). The van der Waals surface area contributed by atoms with E-state index in [1.165, 1.54) is 28.7 Å². The van der Waals surface area contributed by atoms with Crippen LogP contribution in [-0.4, -0.2) is 13.2 Å². The van der Waals surface area contributed by atoms with Gasteiger partial charge < -0.3 is 10.1 Å². The minimum atomic E-state index is 0.471. The van der Waals surface area contributed by atoms with Gasteiger partial charge in [-0.15, -0.1) is 0 Å². The summed E-state index contributed by atoms with van der Waals surface area (Å²) in [6.07, 6.45) is 2.29. The molecule has 20 heavy (non-hydrogen) atoms. The molecule has 0 aromatic heterocycles. The van der Waals surface area contributed by atoms with Crippen molar-refractivity contribution in [3.05, 3.63) is 64.7 Å². The molecule has 0 amide bonds. The van der Waals surface area contributed by atoms with E-state index in [4.69, 9.17) is 4.74 Å². The Labute approximate surface area is 119 Å². The summed E-state index contributed by atoms with van der Waals surface area (Å²) in [5.74, 6) is 1.52. The molecular weight excluding hydrogens is 246 g/mol. The normalized spacial score (nSPS) is 23.4. The zero-order valence-electron chi connectivity index (χ0n) is 11.7. The lowest BCUT2D eigenvalue weighted by atomic mass is 9.72. The van der Waals surface area contributed by atoms with Crippen LogP contribution in [0.1, 0.15) is 34.6 Å². The third kappa shape index (κ3) is 1.68. The first-order chi connectivity index (χ1) is 9.88. The summed E-state index contributed by atoms with van der Waals surface area (Å²) in [4.78, 5) is 0. The monoisotopic (exact) mass is 265 g/mol. The van der Waals surface area contributed by atoms with Crippen LogP contribution in [0.5, 0.6) is 5.75 Å². The van der Waals surface area contributed by atoms with Gasteiger partial charge in [-0.05, 0) is 41.2 Å². The van der Waals surface area contributed by atoms with Crippen molar-refractivity contribution in [2.75, 3.05) is 7.11 Å². The van der Waals surface area contributed by atoms with Crippen LogP contribution in [-0.2, 0) is 13.0 Å². The van der Waals surface area contributed by atoms with Crippen LogP contribution < -0.4 is 10.1 Å². The molecule has 2 aromatic rings. The standard InChI is InChI=1S/C18H19NO/c1-20-17-8-4-7-15-14(17)9-10-16-18(15)13-6-3-2-5-12(13)11-19-16/h2-8,16,18-19H,9-11H2,1H3/t16-,18-/m1/s1. The highest BCUT2D eigenvalue weighted by molar-refractivity contribution is 5.51. The Morgan fingerprint density at radius 2 is 1.90 bits per heavy atom. The minimum absolute atomic E-state index is 0.471. The molecule has 1 aliphatic heterocycles. The summed E-state index contributed by atoms with van der Waals surface area (Å²) in [5.41, 5.74) is 5.77. The highest BCUT2D eigenvalue weighted by Crippen LogP contribution is 2.43. The van der Waals surface area contributed by atoms with Gasteiger partial charge in [0.15, 0.2) is 0 Å². The predicted octanol–water partition coefficient (Wildman–Crippen LogP) is 3.25. The number of hydrogen-bond donors (Lipinski definition) is 1. The van der Waals surface area contributed by atoms with Gasteiger partial charge in [0.2, 0.25) is 0 Å². The molecule has 0 saturated heterocycles. The van der Waals surface area contributed by atoms with Crippen LogP contribution in [0.3, 0.4) is 0 Å². The lowest BCUT2D eigenvalue weighted by molar-refractivity contribution is 0.373. The molecule has 0 saturated carbocycles. The highest BCUT2D eigenvalue weighted by Gasteiger charge is 2.35. The zero-order valence-corrected chi connectivity index (χ0v) is 11.7. The first-order valence-corrected chi connectivity index (χ1v) is 7.35. The Balaban J connectivity index is 1.90. The van der Waals surface area contributed by atoms with Gasteiger partial charge in [0, 0.05) is 18.5 Å². The van der Waals surface area contributed by atoms with Crippen molar-refractivity contribution >= 4 is 0 Å². The Kier molecular flexibility index (Phi) is 2.78. The van der Waals surface area contributed by atoms with Crippen molar-refractivity contribution < 1.29 is 4.74 Å². The van der Waals surface area contributed by atoms with Crippen molar-refractivity contribution in [2.24, 2.45) is 0 Å². The van der Waals surface area contributed by atoms with Gasteiger partial charge in [-0.25, -0.2) is 0 Å². The van der Waals surface area contributed by atoms with E-state index in [1.54, 1.807) is 7.11 Å². The third-order valence-electron chi connectivity index (χ3n) is 4.78. The maximum atomic E-state index is 5.56. The Morgan fingerprint density at radius 3 is 2.80 bits per heavy atom. The number of benzene rings is 2. The first-order valence-electron chi connectivity index (χ1n) is 7.35. The van der Waals surface area contributed by atoms with Crippen LogP contribution in [0.15, 0.2) is 42.5 Å². The van der Waals surface area contributed by atoms with Crippen molar-refractivity contribution in [1.29, 1.82) is 0 Å². The Hall–Kier alpha value is -1.80. The van der Waals surface area contributed by atoms with E-state index >= 15 is 0 Å². The minimum Gasteiger partial charge on any atom is -0.496 e. The fourth-order valence-corrected chi connectivity index (χ4v) is 3.86. The molecule has 2 atom stereocenters. The molecule has 0 unspecified atom stereocenters. The van der Waals surface area contributed by atoms with Crippen LogP contribution >= 0.6 is 0 Å². The summed E-state index contributed by atoms with van der Waals surface area (Å²) < 4.78 is 5.56. The van der Waals surface area contributed by atoms with Gasteiger partial charge in [0.25, 0.3) is 0 Å². The Bertz CT molecular complexity index is 650. The van der Waals surface area contributed by atoms with E-state index in [2.05, 4.69) is 47.8 Å². The molecule has 1 N–H and O–H groups in total. The SMILES string of the molecule is COc1cccc2c1CC[C@H]1NCc3ccccc3[C@H]21. The Morgan fingerprint density at radius 1 is 1.05 bits per heavy atom. The molecule has 1 aliphatic carbocycles. The number of nitrogens with one attached hydrogen (secondary N) is 1. The maximum Gasteiger partial charge on any atom is 0.122 e. The van der Waals surface area contributed by atoms with E-state index in [1.807, 2.05) is 0 Å². The van der Waals surface area contributed by atoms with Crippen LogP contribution in [0.4, 0.5) is 0 Å². The molecule has 0 bridgehead atoms. The molecule has 0 spiro atoms. The summed E-state index contributed by atoms with van der Waals surface area (Å²) >= 11 is 0. The van der Waals surface area contributed by atoms with Crippen molar-refractivity contribution in [3.8, 4) is 5.75 Å². The van der Waals surface area contributed by atoms with E-state index in [9.17, 15) is 0 Å². The van der Waals surface area contributed by atoms with Crippen molar-refractivity contribution in [1.82, 2.24) is 5.32 Å². The lowest BCUT2D eigenvalue weighted by Crippen LogP contribution is -2.42. The van der Waals surface area contributed by atoms with E-state index in [0.29, 0.717) is 12.0 Å². The van der Waals surface area contributed by atoms with Crippen LogP contribution in [0.25, 0.3) is 0 Å². The second-order valence-corrected chi connectivity index (χ2v) is 5.73. The zero-order chi connectivity index (χ0) is 13.5. The third-order valence-corrected chi connectivity index (χ3v) is 4.78. The van der Waals surface area contributed by atoms with Gasteiger partial charge in [0.05, 0.1) is 7.11 Å². The van der Waals surface area contributed by atoms with Gasteiger partial charge in [-0.1, -0.05) is 36.4 Å². The fraction of sp³-hybridized carbons (Fsp3) is 0.333. The molecule has 2 nitrogen and oxygen atoms in total. The molecule has 2 heteroatoms. The average Bonchev–Trinajstić information content (AvgIpc) is 2.53. The molecule has 1 heterocycles. The van der Waals surface area contributed by atoms with Crippen molar-refractivity contribution in [3.63, 3.8) is 0 Å². The van der Waals surface area contributed by atoms with Gasteiger partial charge >= 0.3 is 0 Å². The van der Waals surface area contributed by atoms with Crippen LogP contribution in [0.2, 0.25) is 0 Å². The molecule has 0 radical (unpaired) electrons. The lowest BCUT2D eigenvalue weighted by Gasteiger charge is -2.39. The van der Waals surface area contributed by atoms with Gasteiger partial charge in [0.1, 0.15) is 5.75 Å².